The number of carbonyl (C=O) groups excluding carboxylic acids is 2. The highest BCUT2D eigenvalue weighted by Crippen LogP contribution is 2.26. The number of halogens is 1. The summed E-state index contributed by atoms with van der Waals surface area (Å²) in [6.07, 6.45) is 1.57. The summed E-state index contributed by atoms with van der Waals surface area (Å²) in [6.45, 7) is 3.31. The van der Waals surface area contributed by atoms with Crippen molar-refractivity contribution in [1.29, 1.82) is 0 Å². The lowest BCUT2D eigenvalue weighted by atomic mass is 10.1. The van der Waals surface area contributed by atoms with Crippen molar-refractivity contribution >= 4 is 40.0 Å². The van der Waals surface area contributed by atoms with E-state index < -0.39 is 0 Å². The summed E-state index contributed by atoms with van der Waals surface area (Å²) >= 11 is 6.08. The molecule has 1 heterocycles. The number of benzene rings is 2. The van der Waals surface area contributed by atoms with Crippen LogP contribution in [-0.4, -0.2) is 16.4 Å². The minimum Gasteiger partial charge on any atom is -0.322 e. The quantitative estimate of drug-likeness (QED) is 0.753. The van der Waals surface area contributed by atoms with Crippen LogP contribution in [0.25, 0.3) is 10.9 Å². The van der Waals surface area contributed by atoms with Crippen molar-refractivity contribution in [2.45, 2.75) is 13.8 Å². The van der Waals surface area contributed by atoms with Gasteiger partial charge < -0.3 is 5.32 Å². The molecule has 2 aromatic carbocycles. The zero-order chi connectivity index (χ0) is 16.6. The summed E-state index contributed by atoms with van der Waals surface area (Å²) in [5.74, 6) is -0.411. The molecule has 0 atom stereocenters. The number of nitrogens with zero attached hydrogens (tertiary/aromatic N) is 1. The van der Waals surface area contributed by atoms with Crippen LogP contribution in [0.3, 0.4) is 0 Å². The van der Waals surface area contributed by atoms with Crippen LogP contribution in [0.15, 0.2) is 48.7 Å². The van der Waals surface area contributed by atoms with E-state index in [0.717, 1.165) is 10.9 Å². The third kappa shape index (κ3) is 2.73. The number of fused-ring (bicyclic) bond motifs is 1. The molecule has 23 heavy (non-hydrogen) atoms. The van der Waals surface area contributed by atoms with Crippen LogP contribution < -0.4 is 5.32 Å². The van der Waals surface area contributed by atoms with Crippen molar-refractivity contribution in [2.75, 3.05) is 5.32 Å². The molecular weight excluding hydrogens is 312 g/mol. The van der Waals surface area contributed by atoms with E-state index in [-0.39, 0.29) is 11.8 Å². The SMILES string of the molecule is CC(=O)n1cc(C(=O)Nc2cccc(Cl)c2C)c2ccccc21. The third-order valence-electron chi connectivity index (χ3n) is 3.81. The van der Waals surface area contributed by atoms with E-state index in [4.69, 9.17) is 11.6 Å². The summed E-state index contributed by atoms with van der Waals surface area (Å²) in [4.78, 5) is 24.4. The van der Waals surface area contributed by atoms with Crippen LogP contribution >= 0.6 is 11.6 Å². The molecule has 3 rings (SSSR count). The van der Waals surface area contributed by atoms with Gasteiger partial charge in [-0.25, -0.2) is 0 Å². The van der Waals surface area contributed by atoms with Crippen molar-refractivity contribution < 1.29 is 9.59 Å². The molecule has 0 unspecified atom stereocenters. The zero-order valence-corrected chi connectivity index (χ0v) is 13.5. The highest BCUT2D eigenvalue weighted by molar-refractivity contribution is 6.31. The van der Waals surface area contributed by atoms with E-state index in [0.29, 0.717) is 21.8 Å². The van der Waals surface area contributed by atoms with E-state index in [1.54, 1.807) is 24.4 Å². The molecule has 0 saturated carbocycles. The Morgan fingerprint density at radius 1 is 1.09 bits per heavy atom. The van der Waals surface area contributed by atoms with Gasteiger partial charge in [0.25, 0.3) is 5.91 Å². The lowest BCUT2D eigenvalue weighted by Gasteiger charge is -2.08. The summed E-state index contributed by atoms with van der Waals surface area (Å²) < 4.78 is 1.48. The number of hydrogen-bond acceptors (Lipinski definition) is 2. The molecule has 3 aromatic rings. The van der Waals surface area contributed by atoms with Crippen molar-refractivity contribution in [3.05, 3.63) is 64.8 Å². The Balaban J connectivity index is 2.05. The third-order valence-corrected chi connectivity index (χ3v) is 4.22. The highest BCUT2D eigenvalue weighted by atomic mass is 35.5. The fraction of sp³-hybridized carbons (Fsp3) is 0.111. The highest BCUT2D eigenvalue weighted by Gasteiger charge is 2.17. The summed E-state index contributed by atoms with van der Waals surface area (Å²) in [5.41, 5.74) is 2.63. The number of para-hydroxylation sites is 1. The second-order valence-electron chi connectivity index (χ2n) is 5.32. The minimum absolute atomic E-state index is 0.140. The molecule has 0 fully saturated rings. The minimum atomic E-state index is -0.272. The first-order valence-electron chi connectivity index (χ1n) is 7.16. The van der Waals surface area contributed by atoms with Gasteiger partial charge in [0, 0.05) is 29.2 Å². The molecule has 1 aromatic heterocycles. The Hall–Kier alpha value is -2.59. The van der Waals surface area contributed by atoms with Crippen molar-refractivity contribution in [3.63, 3.8) is 0 Å². The van der Waals surface area contributed by atoms with Gasteiger partial charge >= 0.3 is 0 Å². The predicted octanol–water partition coefficient (Wildman–Crippen LogP) is 4.52. The van der Waals surface area contributed by atoms with E-state index in [1.807, 2.05) is 31.2 Å². The lowest BCUT2D eigenvalue weighted by molar-refractivity contribution is 0.0941. The Labute approximate surface area is 138 Å². The molecule has 1 N–H and O–H groups in total. The van der Waals surface area contributed by atoms with Gasteiger partial charge in [-0.05, 0) is 30.7 Å². The molecule has 4 nitrogen and oxygen atoms in total. The normalized spacial score (nSPS) is 10.7. The largest absolute Gasteiger partial charge is 0.322 e. The molecule has 0 radical (unpaired) electrons. The maximum absolute atomic E-state index is 12.6. The zero-order valence-electron chi connectivity index (χ0n) is 12.8. The maximum Gasteiger partial charge on any atom is 0.257 e. The van der Waals surface area contributed by atoms with E-state index in [2.05, 4.69) is 5.32 Å². The van der Waals surface area contributed by atoms with Crippen LogP contribution in [-0.2, 0) is 0 Å². The Morgan fingerprint density at radius 2 is 1.83 bits per heavy atom. The average Bonchev–Trinajstić information content (AvgIpc) is 2.92. The van der Waals surface area contributed by atoms with Crippen LogP contribution in [0.2, 0.25) is 5.02 Å². The van der Waals surface area contributed by atoms with Gasteiger partial charge in [0.05, 0.1) is 11.1 Å². The van der Waals surface area contributed by atoms with Gasteiger partial charge in [0.1, 0.15) is 0 Å². The van der Waals surface area contributed by atoms with Crippen molar-refractivity contribution in [1.82, 2.24) is 4.57 Å². The molecule has 0 saturated heterocycles. The van der Waals surface area contributed by atoms with E-state index in [9.17, 15) is 9.59 Å². The monoisotopic (exact) mass is 326 g/mol. The smallest absolute Gasteiger partial charge is 0.257 e. The molecule has 0 spiro atoms. The fourth-order valence-corrected chi connectivity index (χ4v) is 2.73. The number of aromatic nitrogens is 1. The molecule has 0 aliphatic rings. The van der Waals surface area contributed by atoms with Gasteiger partial charge in [-0.15, -0.1) is 0 Å². The van der Waals surface area contributed by atoms with Gasteiger partial charge in [-0.3, -0.25) is 14.2 Å². The maximum atomic E-state index is 12.6. The van der Waals surface area contributed by atoms with Crippen molar-refractivity contribution in [2.24, 2.45) is 0 Å². The predicted molar refractivity (Wildman–Crippen MR) is 92.4 cm³/mol. The van der Waals surface area contributed by atoms with Crippen LogP contribution in [0.5, 0.6) is 0 Å². The molecule has 0 aliphatic heterocycles. The average molecular weight is 327 g/mol. The molecule has 1 amide bonds. The molecule has 116 valence electrons. The summed E-state index contributed by atoms with van der Waals surface area (Å²) in [5, 5.41) is 4.19. The van der Waals surface area contributed by atoms with Crippen LogP contribution in [0.4, 0.5) is 5.69 Å². The Bertz CT molecular complexity index is 928. The summed E-state index contributed by atoms with van der Waals surface area (Å²) in [7, 11) is 0. The van der Waals surface area contributed by atoms with Gasteiger partial charge in [0.15, 0.2) is 0 Å². The standard InChI is InChI=1S/C18H15ClN2O2/c1-11-15(19)7-5-8-16(11)20-18(23)14-10-21(12(2)22)17-9-4-3-6-13(14)17/h3-10H,1-2H3,(H,20,23). The van der Waals surface area contributed by atoms with Gasteiger partial charge in [-0.2, -0.15) is 0 Å². The lowest BCUT2D eigenvalue weighted by Crippen LogP contribution is -2.13. The molecule has 5 heteroatoms. The molecular formula is C18H15ClN2O2. The number of amides is 1. The van der Waals surface area contributed by atoms with Gasteiger partial charge in [0.2, 0.25) is 5.91 Å². The second-order valence-corrected chi connectivity index (χ2v) is 5.72. The number of nitrogens with one attached hydrogen (secondary N) is 1. The first kappa shape index (κ1) is 15.3. The second kappa shape index (κ2) is 5.89. The Morgan fingerprint density at radius 3 is 2.57 bits per heavy atom. The number of anilines is 1. The van der Waals surface area contributed by atoms with Crippen molar-refractivity contribution in [3.8, 4) is 0 Å². The molecule has 0 bridgehead atoms. The first-order valence-corrected chi connectivity index (χ1v) is 7.54. The van der Waals surface area contributed by atoms with E-state index >= 15 is 0 Å². The first-order chi connectivity index (χ1) is 11.0. The van der Waals surface area contributed by atoms with Crippen LogP contribution in [0.1, 0.15) is 27.6 Å². The molecule has 0 aliphatic carbocycles. The van der Waals surface area contributed by atoms with Gasteiger partial charge in [-0.1, -0.05) is 35.9 Å². The number of hydrogen-bond donors (Lipinski definition) is 1. The van der Waals surface area contributed by atoms with Crippen LogP contribution in [0, 0.1) is 6.92 Å². The topological polar surface area (TPSA) is 51.1 Å². The summed E-state index contributed by atoms with van der Waals surface area (Å²) in [6, 6.07) is 12.7. The number of carbonyl (C=O) groups is 2. The van der Waals surface area contributed by atoms with E-state index in [1.165, 1.54) is 11.5 Å². The fourth-order valence-electron chi connectivity index (χ4n) is 2.55. The Kier molecular flexibility index (Phi) is 3.92. The number of rotatable bonds is 2.